The summed E-state index contributed by atoms with van der Waals surface area (Å²) < 4.78 is 74.6. The number of nitrogens with one attached hydrogen (secondary N) is 1. The second kappa shape index (κ2) is 9.49. The Labute approximate surface area is 229 Å². The number of hydrogen-bond acceptors (Lipinski definition) is 5. The minimum absolute atomic E-state index is 0.0564. The Bertz CT molecular complexity index is 1440. The second-order valence-corrected chi connectivity index (χ2v) is 13.7. The first kappa shape index (κ1) is 27.9. The van der Waals surface area contributed by atoms with Crippen LogP contribution in [0.25, 0.3) is 0 Å². The van der Waals surface area contributed by atoms with Gasteiger partial charge in [0.1, 0.15) is 5.72 Å². The normalized spacial score (nSPS) is 27.7. The molecule has 2 amide bonds. The number of nitrogens with zero attached hydrogens (tertiary/aromatic N) is 1. The number of benzene rings is 2. The Morgan fingerprint density at radius 3 is 2.18 bits per heavy atom. The molecule has 2 saturated carbocycles. The van der Waals surface area contributed by atoms with E-state index in [1.165, 1.54) is 19.1 Å². The van der Waals surface area contributed by atoms with Crippen molar-refractivity contribution in [1.82, 2.24) is 4.90 Å². The van der Waals surface area contributed by atoms with Crippen molar-refractivity contribution in [1.29, 1.82) is 0 Å². The second-order valence-electron chi connectivity index (χ2n) is 11.1. The van der Waals surface area contributed by atoms with Gasteiger partial charge in [-0.15, -0.1) is 0 Å². The van der Waals surface area contributed by atoms with E-state index in [2.05, 4.69) is 5.32 Å². The fourth-order valence-electron chi connectivity index (χ4n) is 6.62. The summed E-state index contributed by atoms with van der Waals surface area (Å²) in [6.07, 6.45) is 2.20. The fourth-order valence-corrected chi connectivity index (χ4v) is 9.02. The molecule has 0 aromatic heterocycles. The van der Waals surface area contributed by atoms with Gasteiger partial charge in [-0.25, -0.2) is 21.6 Å². The fraction of sp³-hybridized carbons (Fsp3) is 0.481. The number of carbonyl (C=O) groups is 2. The third-order valence-corrected chi connectivity index (χ3v) is 11.1. The molecule has 1 heterocycles. The summed E-state index contributed by atoms with van der Waals surface area (Å²) in [4.78, 5) is 26.5. The van der Waals surface area contributed by atoms with Crippen LogP contribution in [0.3, 0.4) is 0 Å². The number of halogens is 4. The molecule has 2 aromatic rings. The molecule has 2 bridgehead atoms. The molecule has 4 atom stereocenters. The van der Waals surface area contributed by atoms with Crippen molar-refractivity contribution < 1.29 is 35.9 Å². The highest BCUT2D eigenvalue weighted by Crippen LogP contribution is 2.58. The van der Waals surface area contributed by atoms with Gasteiger partial charge in [0.25, 0.3) is 5.91 Å². The van der Waals surface area contributed by atoms with E-state index in [1.807, 2.05) is 13.8 Å². The van der Waals surface area contributed by atoms with Crippen LogP contribution in [0.1, 0.15) is 56.8 Å². The average Bonchev–Trinajstić information content (AvgIpc) is 3.19. The Morgan fingerprint density at radius 2 is 1.64 bits per heavy atom. The molecule has 3 fully saturated rings. The number of amides is 2. The van der Waals surface area contributed by atoms with Crippen molar-refractivity contribution >= 4 is 38.9 Å². The lowest BCUT2D eigenvalue weighted by molar-refractivity contribution is -0.164. The number of rotatable bonds is 4. The van der Waals surface area contributed by atoms with Crippen molar-refractivity contribution in [2.75, 3.05) is 11.9 Å². The molecule has 7 nitrogen and oxygen atoms in total. The van der Waals surface area contributed by atoms with Crippen LogP contribution in [0.4, 0.5) is 18.9 Å². The van der Waals surface area contributed by atoms with Gasteiger partial charge in [-0.2, -0.15) is 0 Å². The van der Waals surface area contributed by atoms with Gasteiger partial charge in [0.15, 0.2) is 27.3 Å². The highest BCUT2D eigenvalue weighted by molar-refractivity contribution is 7.92. The highest BCUT2D eigenvalue weighted by Gasteiger charge is 2.64. The third kappa shape index (κ3) is 4.62. The van der Waals surface area contributed by atoms with Crippen LogP contribution < -0.4 is 5.32 Å². The molecule has 12 heteroatoms. The summed E-state index contributed by atoms with van der Waals surface area (Å²) in [6, 6.07) is 4.95. The van der Waals surface area contributed by atoms with Crippen molar-refractivity contribution in [2.45, 2.75) is 67.9 Å². The zero-order valence-electron chi connectivity index (χ0n) is 21.6. The van der Waals surface area contributed by atoms with Crippen LogP contribution in [0.5, 0.6) is 0 Å². The molecular weight excluding hydrogens is 557 g/mol. The maximum absolute atomic E-state index is 13.8. The summed E-state index contributed by atoms with van der Waals surface area (Å²) in [5.74, 6) is -5.72. The molecule has 1 spiro atoms. The van der Waals surface area contributed by atoms with Crippen LogP contribution in [0, 0.1) is 29.3 Å². The maximum atomic E-state index is 13.8. The van der Waals surface area contributed by atoms with E-state index in [1.54, 1.807) is 4.90 Å². The standard InChI is InChI=1S/C27H28ClF3N2O5S/c1-14(34)33-13-27(38-26(33,2)3)16-5-6-17(27)10-19(9-16)39(36,37)23-8-15(4-7-20(23)28)25(35)32-18-11-21(29)24(31)22(30)12-18/h4,7-8,11-12,16-17,19H,5-6,9-10,13H2,1-3H3,(H,32,35)/t16-,17?,19?,27?/m0/s1. The van der Waals surface area contributed by atoms with Crippen LogP contribution in [-0.2, 0) is 19.4 Å². The van der Waals surface area contributed by atoms with Crippen LogP contribution in [0.15, 0.2) is 35.2 Å². The first-order valence-corrected chi connectivity index (χ1v) is 14.6. The number of carbonyl (C=O) groups excluding carboxylic acids is 2. The quantitative estimate of drug-likeness (QED) is 0.491. The Morgan fingerprint density at radius 1 is 1.05 bits per heavy atom. The van der Waals surface area contributed by atoms with Gasteiger partial charge >= 0.3 is 0 Å². The topological polar surface area (TPSA) is 92.8 Å². The lowest BCUT2D eigenvalue weighted by atomic mass is 9.74. The monoisotopic (exact) mass is 584 g/mol. The highest BCUT2D eigenvalue weighted by atomic mass is 35.5. The van der Waals surface area contributed by atoms with Crippen molar-refractivity contribution in [3.8, 4) is 0 Å². The zero-order chi connectivity index (χ0) is 28.5. The van der Waals surface area contributed by atoms with E-state index in [0.717, 1.165) is 18.9 Å². The van der Waals surface area contributed by atoms with Crippen LogP contribution in [-0.4, -0.2) is 48.3 Å². The van der Waals surface area contributed by atoms with Gasteiger partial charge in [0.05, 0.1) is 27.3 Å². The number of anilines is 1. The molecule has 5 rings (SSSR count). The van der Waals surface area contributed by atoms with Crippen molar-refractivity contribution in [3.05, 3.63) is 58.4 Å². The van der Waals surface area contributed by atoms with E-state index in [-0.39, 0.29) is 38.9 Å². The first-order valence-electron chi connectivity index (χ1n) is 12.6. The molecule has 2 aliphatic carbocycles. The summed E-state index contributed by atoms with van der Waals surface area (Å²) in [5.41, 5.74) is -1.83. The SMILES string of the molecule is CC(=O)N1CC2(OC1(C)C)C1CC[C@H]2CC(S(=O)(=O)c2cc(C(=O)Nc3cc(F)c(F)c(F)c3)ccc2Cl)C1. The number of ether oxygens (including phenoxy) is 1. The molecule has 1 saturated heterocycles. The van der Waals surface area contributed by atoms with Gasteiger partial charge in [-0.3, -0.25) is 9.59 Å². The largest absolute Gasteiger partial charge is 0.347 e. The van der Waals surface area contributed by atoms with Gasteiger partial charge in [0.2, 0.25) is 5.91 Å². The Hall–Kier alpha value is -2.63. The van der Waals surface area contributed by atoms with E-state index < -0.39 is 49.8 Å². The molecule has 2 aromatic carbocycles. The maximum Gasteiger partial charge on any atom is 0.255 e. The lowest BCUT2D eigenvalue weighted by Gasteiger charge is -2.43. The van der Waals surface area contributed by atoms with Crippen molar-refractivity contribution in [3.63, 3.8) is 0 Å². The average molecular weight is 585 g/mol. The van der Waals surface area contributed by atoms with E-state index >= 15 is 0 Å². The lowest BCUT2D eigenvalue weighted by Crippen LogP contribution is -2.51. The molecule has 39 heavy (non-hydrogen) atoms. The summed E-state index contributed by atoms with van der Waals surface area (Å²) in [7, 11) is -3.99. The molecule has 3 aliphatic rings. The van der Waals surface area contributed by atoms with Gasteiger partial charge in [0, 0.05) is 30.3 Å². The third-order valence-electron chi connectivity index (χ3n) is 8.40. The smallest absolute Gasteiger partial charge is 0.255 e. The van der Waals surface area contributed by atoms with Gasteiger partial charge in [-0.1, -0.05) is 11.6 Å². The molecule has 0 radical (unpaired) electrons. The van der Waals surface area contributed by atoms with Crippen LogP contribution >= 0.6 is 11.6 Å². The summed E-state index contributed by atoms with van der Waals surface area (Å²) >= 11 is 6.30. The molecule has 210 valence electrons. The number of sulfone groups is 1. The summed E-state index contributed by atoms with van der Waals surface area (Å²) in [6.45, 7) is 5.60. The van der Waals surface area contributed by atoms with Crippen LogP contribution in [0.2, 0.25) is 5.02 Å². The van der Waals surface area contributed by atoms with E-state index in [4.69, 9.17) is 16.3 Å². The predicted molar refractivity (Wildman–Crippen MR) is 137 cm³/mol. The zero-order valence-corrected chi connectivity index (χ0v) is 23.1. The van der Waals surface area contributed by atoms with E-state index in [0.29, 0.717) is 31.5 Å². The Balaban J connectivity index is 1.39. The minimum atomic E-state index is -3.99. The molecule has 1 N–H and O–H groups in total. The van der Waals surface area contributed by atoms with Crippen molar-refractivity contribution in [2.24, 2.45) is 11.8 Å². The molecule has 1 aliphatic heterocycles. The molecule has 3 unspecified atom stereocenters. The van der Waals surface area contributed by atoms with E-state index in [9.17, 15) is 31.2 Å². The minimum Gasteiger partial charge on any atom is -0.347 e. The van der Waals surface area contributed by atoms with Gasteiger partial charge in [-0.05, 0) is 69.6 Å². The molecular formula is C27H28ClF3N2O5S. The number of hydrogen-bond donors (Lipinski definition) is 1. The predicted octanol–water partition coefficient (Wildman–Crippen LogP) is 5.33. The Kier molecular flexibility index (Phi) is 6.79. The first-order chi connectivity index (χ1) is 18.2. The van der Waals surface area contributed by atoms with Gasteiger partial charge < -0.3 is 15.0 Å². The summed E-state index contributed by atoms with van der Waals surface area (Å²) in [5, 5.41) is 1.43.